The van der Waals surface area contributed by atoms with Crippen LogP contribution >= 0.6 is 11.3 Å². The number of carboxylic acid groups (broad SMARTS) is 1. The molecule has 192 valence electrons. The number of amides is 2. The maximum absolute atomic E-state index is 13.4. The number of hydrogen-bond donors (Lipinski definition) is 3. The van der Waals surface area contributed by atoms with Crippen LogP contribution in [0.4, 0.5) is 32.2 Å². The van der Waals surface area contributed by atoms with Gasteiger partial charge in [-0.1, -0.05) is 18.2 Å². The van der Waals surface area contributed by atoms with E-state index in [1.54, 1.807) is 55.6 Å². The monoisotopic (exact) mass is 531 g/mol. The summed E-state index contributed by atoms with van der Waals surface area (Å²) in [5.74, 6) is -0.176. The van der Waals surface area contributed by atoms with Crippen molar-refractivity contribution in [2.75, 3.05) is 16.0 Å². The average Bonchev–Trinajstić information content (AvgIpc) is 3.47. The van der Waals surface area contributed by atoms with E-state index in [-0.39, 0.29) is 12.4 Å². The fourth-order valence-electron chi connectivity index (χ4n) is 4.04. The molecule has 0 bridgehead atoms. The van der Waals surface area contributed by atoms with Crippen molar-refractivity contribution in [3.8, 4) is 0 Å². The molecule has 4 N–H and O–H groups in total. The van der Waals surface area contributed by atoms with Gasteiger partial charge in [-0.2, -0.15) is 5.10 Å². The van der Waals surface area contributed by atoms with Gasteiger partial charge in [-0.05, 0) is 49.2 Å². The first kappa shape index (κ1) is 24.8. The maximum Gasteiger partial charge on any atom is 0.417 e. The molecule has 2 aromatic carbocycles. The Labute approximate surface area is 220 Å². The second-order valence-electron chi connectivity index (χ2n) is 8.59. The SMILES string of the molecule is Cc1cc(N(C(=O)O)c2ccc(C)c(NC(=O)c3csc4c(N)ncnc34)c2)n(Cc2ccc(F)cc2)n1. The maximum atomic E-state index is 13.4. The van der Waals surface area contributed by atoms with Gasteiger partial charge < -0.3 is 16.2 Å². The molecule has 2 amide bonds. The van der Waals surface area contributed by atoms with Crippen LogP contribution in [-0.2, 0) is 6.54 Å². The summed E-state index contributed by atoms with van der Waals surface area (Å²) in [5.41, 5.74) is 9.52. The van der Waals surface area contributed by atoms with Gasteiger partial charge >= 0.3 is 6.09 Å². The molecule has 0 spiro atoms. The lowest BCUT2D eigenvalue weighted by Crippen LogP contribution is -2.27. The number of nitrogen functional groups attached to an aromatic ring is 1. The number of nitrogens with two attached hydrogens (primary N) is 1. The van der Waals surface area contributed by atoms with E-state index in [9.17, 15) is 19.1 Å². The first-order valence-corrected chi connectivity index (χ1v) is 12.3. The molecule has 3 aromatic heterocycles. The average molecular weight is 532 g/mol. The summed E-state index contributed by atoms with van der Waals surface area (Å²) in [6.45, 7) is 3.80. The number of aromatic nitrogens is 4. The summed E-state index contributed by atoms with van der Waals surface area (Å²) in [6.07, 6.45) is 0.0665. The second-order valence-corrected chi connectivity index (χ2v) is 9.47. The van der Waals surface area contributed by atoms with Gasteiger partial charge in [0.05, 0.1) is 33.7 Å². The van der Waals surface area contributed by atoms with Crippen LogP contribution in [0.15, 0.2) is 60.2 Å². The Morgan fingerprint density at radius 1 is 1.13 bits per heavy atom. The van der Waals surface area contributed by atoms with Crippen LogP contribution < -0.4 is 16.0 Å². The van der Waals surface area contributed by atoms with E-state index in [0.717, 1.165) is 16.0 Å². The summed E-state index contributed by atoms with van der Waals surface area (Å²) < 4.78 is 15.5. The lowest BCUT2D eigenvalue weighted by atomic mass is 10.1. The fraction of sp³-hybridized carbons (Fsp3) is 0.115. The molecule has 0 radical (unpaired) electrons. The van der Waals surface area contributed by atoms with Crippen LogP contribution in [0.1, 0.15) is 27.2 Å². The number of halogens is 1. The molecule has 0 unspecified atom stereocenters. The van der Waals surface area contributed by atoms with Gasteiger partial charge in [0, 0.05) is 17.1 Å². The normalized spacial score (nSPS) is 11.0. The molecule has 0 aliphatic carbocycles. The van der Waals surface area contributed by atoms with Crippen molar-refractivity contribution in [2.45, 2.75) is 20.4 Å². The number of hydrogen-bond acceptors (Lipinski definition) is 7. The predicted octanol–water partition coefficient (Wildman–Crippen LogP) is 5.34. The number of anilines is 4. The Hall–Kier alpha value is -4.84. The second kappa shape index (κ2) is 9.90. The van der Waals surface area contributed by atoms with E-state index in [4.69, 9.17) is 5.73 Å². The molecule has 0 aliphatic heterocycles. The zero-order chi connectivity index (χ0) is 27.0. The molecule has 5 rings (SSSR count). The molecule has 12 heteroatoms. The largest absolute Gasteiger partial charge is 0.464 e. The Balaban J connectivity index is 1.48. The van der Waals surface area contributed by atoms with Gasteiger partial charge in [-0.3, -0.25) is 4.79 Å². The van der Waals surface area contributed by atoms with Crippen molar-refractivity contribution in [3.05, 3.63) is 88.4 Å². The summed E-state index contributed by atoms with van der Waals surface area (Å²) >= 11 is 1.27. The first-order valence-electron chi connectivity index (χ1n) is 11.4. The Bertz CT molecular complexity index is 1680. The van der Waals surface area contributed by atoms with Crippen molar-refractivity contribution < 1.29 is 19.1 Å². The van der Waals surface area contributed by atoms with Crippen LogP contribution in [0.2, 0.25) is 0 Å². The molecule has 10 nitrogen and oxygen atoms in total. The minimum Gasteiger partial charge on any atom is -0.464 e. The van der Waals surface area contributed by atoms with Gasteiger partial charge in [0.2, 0.25) is 0 Å². The Morgan fingerprint density at radius 3 is 2.63 bits per heavy atom. The molecule has 3 heterocycles. The van der Waals surface area contributed by atoms with Crippen LogP contribution in [-0.4, -0.2) is 36.9 Å². The van der Waals surface area contributed by atoms with Gasteiger partial charge in [-0.15, -0.1) is 11.3 Å². The zero-order valence-electron chi connectivity index (χ0n) is 20.3. The number of nitrogens with zero attached hydrogens (tertiary/aromatic N) is 5. The zero-order valence-corrected chi connectivity index (χ0v) is 21.2. The van der Waals surface area contributed by atoms with Crippen molar-refractivity contribution in [3.63, 3.8) is 0 Å². The summed E-state index contributed by atoms with van der Waals surface area (Å²) in [4.78, 5) is 34.8. The number of benzene rings is 2. The smallest absolute Gasteiger partial charge is 0.417 e. The van der Waals surface area contributed by atoms with Crippen LogP contribution in [0.5, 0.6) is 0 Å². The number of fused-ring (bicyclic) bond motifs is 1. The molecular weight excluding hydrogens is 509 g/mol. The number of carbonyl (C=O) groups excluding carboxylic acids is 1. The topological polar surface area (TPSA) is 139 Å². The number of aryl methyl sites for hydroxylation is 2. The van der Waals surface area contributed by atoms with Crippen molar-refractivity contribution in [1.29, 1.82) is 0 Å². The lowest BCUT2D eigenvalue weighted by Gasteiger charge is -2.22. The highest BCUT2D eigenvalue weighted by atomic mass is 32.1. The molecule has 5 aromatic rings. The highest BCUT2D eigenvalue weighted by molar-refractivity contribution is 7.18. The number of rotatable bonds is 6. The number of thiophene rings is 1. The number of carbonyl (C=O) groups is 2. The van der Waals surface area contributed by atoms with E-state index in [2.05, 4.69) is 20.4 Å². The predicted molar refractivity (Wildman–Crippen MR) is 144 cm³/mol. The van der Waals surface area contributed by atoms with Crippen LogP contribution in [0, 0.1) is 19.7 Å². The standard InChI is InChI=1S/C26H22FN7O3S/c1-14-3-8-18(10-20(14)31-25(35)19-12-38-23-22(19)29-13-30-24(23)28)34(26(36)37)21-9-15(2)32-33(21)11-16-4-6-17(27)7-5-16/h3-10,12-13H,11H2,1-2H3,(H,31,35)(H,36,37)(H2,28,29,30). The van der Waals surface area contributed by atoms with E-state index >= 15 is 0 Å². The first-order chi connectivity index (χ1) is 18.2. The highest BCUT2D eigenvalue weighted by Crippen LogP contribution is 2.32. The van der Waals surface area contributed by atoms with Gasteiger partial charge in [0.15, 0.2) is 0 Å². The third-order valence-electron chi connectivity index (χ3n) is 5.90. The summed E-state index contributed by atoms with van der Waals surface area (Å²) in [7, 11) is 0. The molecule has 0 fully saturated rings. The van der Waals surface area contributed by atoms with E-state index in [1.807, 2.05) is 0 Å². The number of nitrogens with one attached hydrogen (secondary N) is 1. The summed E-state index contributed by atoms with van der Waals surface area (Å²) in [5, 5.41) is 19.1. The molecule has 0 saturated heterocycles. The third kappa shape index (κ3) is 4.76. The van der Waals surface area contributed by atoms with Crippen molar-refractivity contribution in [2.24, 2.45) is 0 Å². The molecular formula is C26H22FN7O3S. The van der Waals surface area contributed by atoms with Gasteiger partial charge in [0.1, 0.15) is 23.8 Å². The Kier molecular flexibility index (Phi) is 6.47. The van der Waals surface area contributed by atoms with Crippen LogP contribution in [0.3, 0.4) is 0 Å². The van der Waals surface area contributed by atoms with Gasteiger partial charge in [0.25, 0.3) is 5.91 Å². The molecule has 0 saturated carbocycles. The highest BCUT2D eigenvalue weighted by Gasteiger charge is 2.24. The van der Waals surface area contributed by atoms with Crippen LogP contribution in [0.25, 0.3) is 10.2 Å². The van der Waals surface area contributed by atoms with Gasteiger partial charge in [-0.25, -0.2) is 28.7 Å². The quantitative estimate of drug-likeness (QED) is 0.269. The van der Waals surface area contributed by atoms with E-state index < -0.39 is 12.0 Å². The van der Waals surface area contributed by atoms with Crippen molar-refractivity contribution >= 4 is 56.6 Å². The molecule has 0 atom stereocenters. The fourth-order valence-corrected chi connectivity index (χ4v) is 4.94. The minimum absolute atomic E-state index is 0.235. The lowest BCUT2D eigenvalue weighted by molar-refractivity contribution is 0.102. The minimum atomic E-state index is -1.23. The van der Waals surface area contributed by atoms with Crippen molar-refractivity contribution in [1.82, 2.24) is 19.7 Å². The molecule has 0 aliphatic rings. The third-order valence-corrected chi connectivity index (χ3v) is 6.89. The van der Waals surface area contributed by atoms with E-state index in [1.165, 1.54) is 34.5 Å². The Morgan fingerprint density at radius 2 is 1.89 bits per heavy atom. The summed E-state index contributed by atoms with van der Waals surface area (Å²) in [6, 6.07) is 12.5. The van der Waals surface area contributed by atoms with E-state index in [0.29, 0.717) is 44.5 Å². The molecule has 38 heavy (non-hydrogen) atoms.